The topological polar surface area (TPSA) is 57.7 Å². The molecule has 1 unspecified atom stereocenters. The molecule has 3 rings (SSSR count). The minimum absolute atomic E-state index is 0.0104. The highest BCUT2D eigenvalue weighted by molar-refractivity contribution is 7.99. The van der Waals surface area contributed by atoms with Gasteiger partial charge in [0.1, 0.15) is 0 Å². The number of sulfone groups is 1. The van der Waals surface area contributed by atoms with Gasteiger partial charge >= 0.3 is 0 Å². The molecule has 0 bridgehead atoms. The summed E-state index contributed by atoms with van der Waals surface area (Å²) in [6.45, 7) is 1.15. The third-order valence-corrected chi connectivity index (χ3v) is 7.09. The Morgan fingerprint density at radius 1 is 1.41 bits per heavy atom. The van der Waals surface area contributed by atoms with E-state index in [2.05, 4.69) is 11.0 Å². The second-order valence-electron chi connectivity index (χ2n) is 5.80. The van der Waals surface area contributed by atoms with Crippen molar-refractivity contribution in [3.05, 3.63) is 24.3 Å². The van der Waals surface area contributed by atoms with E-state index in [1.54, 1.807) is 11.9 Å². The lowest BCUT2D eigenvalue weighted by Crippen LogP contribution is -2.45. The molecule has 22 heavy (non-hydrogen) atoms. The molecule has 0 radical (unpaired) electrons. The number of anilines is 1. The van der Waals surface area contributed by atoms with Crippen LogP contribution in [0.2, 0.25) is 0 Å². The van der Waals surface area contributed by atoms with Crippen molar-refractivity contribution in [1.82, 2.24) is 4.90 Å². The molecule has 0 spiro atoms. The van der Waals surface area contributed by atoms with Crippen LogP contribution in [0.25, 0.3) is 0 Å². The van der Waals surface area contributed by atoms with Gasteiger partial charge in [0.25, 0.3) is 0 Å². The van der Waals surface area contributed by atoms with E-state index in [4.69, 9.17) is 0 Å². The Labute approximate surface area is 135 Å². The van der Waals surface area contributed by atoms with Gasteiger partial charge in [-0.25, -0.2) is 8.42 Å². The van der Waals surface area contributed by atoms with Crippen molar-refractivity contribution in [2.24, 2.45) is 0 Å². The van der Waals surface area contributed by atoms with E-state index in [0.29, 0.717) is 13.0 Å². The predicted octanol–water partition coefficient (Wildman–Crippen LogP) is 1.24. The van der Waals surface area contributed by atoms with Crippen LogP contribution in [0, 0.1) is 0 Å². The molecule has 0 aliphatic carbocycles. The Morgan fingerprint density at radius 2 is 2.18 bits per heavy atom. The zero-order valence-corrected chi connectivity index (χ0v) is 14.2. The van der Waals surface area contributed by atoms with E-state index in [-0.39, 0.29) is 23.5 Å². The van der Waals surface area contributed by atoms with Crippen LogP contribution in [0.15, 0.2) is 29.2 Å². The fraction of sp³-hybridized carbons (Fsp3) is 0.533. The number of fused-ring (bicyclic) bond motifs is 1. The first-order chi connectivity index (χ1) is 10.5. The van der Waals surface area contributed by atoms with Gasteiger partial charge < -0.3 is 9.80 Å². The minimum Gasteiger partial charge on any atom is -0.360 e. The molecular weight excluding hydrogens is 320 g/mol. The van der Waals surface area contributed by atoms with Crippen LogP contribution < -0.4 is 4.90 Å². The number of rotatable bonds is 3. The van der Waals surface area contributed by atoms with Gasteiger partial charge in [0, 0.05) is 30.3 Å². The molecule has 0 aromatic heterocycles. The van der Waals surface area contributed by atoms with Gasteiger partial charge in [-0.3, -0.25) is 4.79 Å². The number of thioether (sulfide) groups is 1. The zero-order valence-electron chi connectivity index (χ0n) is 12.6. The summed E-state index contributed by atoms with van der Waals surface area (Å²) in [6.07, 6.45) is 0.553. The first-order valence-corrected chi connectivity index (χ1v) is 10.2. The molecule has 1 amide bonds. The summed E-state index contributed by atoms with van der Waals surface area (Å²) in [7, 11) is -1.25. The van der Waals surface area contributed by atoms with Crippen molar-refractivity contribution in [2.75, 3.05) is 42.3 Å². The molecule has 2 aliphatic rings. The van der Waals surface area contributed by atoms with E-state index in [1.165, 1.54) is 4.90 Å². The van der Waals surface area contributed by atoms with Crippen molar-refractivity contribution in [3.63, 3.8) is 0 Å². The Balaban J connectivity index is 1.68. The van der Waals surface area contributed by atoms with Crippen LogP contribution in [0.3, 0.4) is 0 Å². The van der Waals surface area contributed by atoms with Crippen molar-refractivity contribution >= 4 is 33.2 Å². The lowest BCUT2D eigenvalue weighted by atomic mass is 10.2. The summed E-state index contributed by atoms with van der Waals surface area (Å²) >= 11 is 1.81. The van der Waals surface area contributed by atoms with Gasteiger partial charge in [0.2, 0.25) is 5.91 Å². The standard InChI is InChI=1S/C15H20N2O3S2/c1-16(12-6-9-22(19,20)11-12)15(18)10-17-7-8-21-14-5-3-2-4-13(14)17/h2-5,12H,6-11H2,1H3. The average Bonchev–Trinajstić information content (AvgIpc) is 2.87. The summed E-state index contributed by atoms with van der Waals surface area (Å²) in [5.74, 6) is 1.25. The fourth-order valence-electron chi connectivity index (χ4n) is 2.95. The molecule has 7 heteroatoms. The van der Waals surface area contributed by atoms with Gasteiger partial charge in [-0.05, 0) is 18.6 Å². The molecule has 120 valence electrons. The fourth-order valence-corrected chi connectivity index (χ4v) is 5.78. The van der Waals surface area contributed by atoms with Gasteiger partial charge in [0.05, 0.1) is 23.7 Å². The van der Waals surface area contributed by atoms with Gasteiger partial charge in [-0.2, -0.15) is 0 Å². The second kappa shape index (κ2) is 6.12. The molecule has 1 fully saturated rings. The van der Waals surface area contributed by atoms with Crippen molar-refractivity contribution in [3.8, 4) is 0 Å². The number of carbonyl (C=O) groups excluding carboxylic acids is 1. The highest BCUT2D eigenvalue weighted by Gasteiger charge is 2.33. The Bertz CT molecular complexity index is 675. The second-order valence-corrected chi connectivity index (χ2v) is 9.16. The largest absolute Gasteiger partial charge is 0.360 e. The molecule has 1 saturated heterocycles. The number of benzene rings is 1. The van der Waals surface area contributed by atoms with Crippen LogP contribution in [0.4, 0.5) is 5.69 Å². The first-order valence-electron chi connectivity index (χ1n) is 7.39. The first kappa shape index (κ1) is 15.7. The van der Waals surface area contributed by atoms with Crippen LogP contribution in [0.1, 0.15) is 6.42 Å². The van der Waals surface area contributed by atoms with Gasteiger partial charge in [-0.15, -0.1) is 11.8 Å². The number of hydrogen-bond acceptors (Lipinski definition) is 5. The molecular formula is C15H20N2O3S2. The highest BCUT2D eigenvalue weighted by atomic mass is 32.2. The number of amides is 1. The van der Waals surface area contributed by atoms with Gasteiger partial charge in [-0.1, -0.05) is 12.1 Å². The van der Waals surface area contributed by atoms with Crippen molar-refractivity contribution in [1.29, 1.82) is 0 Å². The summed E-state index contributed by atoms with van der Waals surface area (Å²) in [6, 6.07) is 7.92. The highest BCUT2D eigenvalue weighted by Crippen LogP contribution is 2.34. The summed E-state index contributed by atoms with van der Waals surface area (Å²) in [4.78, 5) is 17.4. The quantitative estimate of drug-likeness (QED) is 0.829. The Morgan fingerprint density at radius 3 is 2.91 bits per heavy atom. The normalized spacial score (nSPS) is 23.1. The summed E-state index contributed by atoms with van der Waals surface area (Å²) in [5, 5.41) is 0. The SMILES string of the molecule is CN(C(=O)CN1CCSc2ccccc21)C1CCS(=O)(=O)C1. The number of likely N-dealkylation sites (N-methyl/N-ethyl adjacent to an activating group) is 1. The molecule has 1 atom stereocenters. The summed E-state index contributed by atoms with van der Waals surface area (Å²) < 4.78 is 23.1. The van der Waals surface area contributed by atoms with E-state index in [1.807, 2.05) is 30.0 Å². The average molecular weight is 340 g/mol. The van der Waals surface area contributed by atoms with Crippen LogP contribution in [0.5, 0.6) is 0 Å². The summed E-state index contributed by atoms with van der Waals surface area (Å²) in [5.41, 5.74) is 1.10. The lowest BCUT2D eigenvalue weighted by Gasteiger charge is -2.32. The maximum absolute atomic E-state index is 12.5. The lowest BCUT2D eigenvalue weighted by molar-refractivity contribution is -0.130. The molecule has 0 N–H and O–H groups in total. The molecule has 2 heterocycles. The smallest absolute Gasteiger partial charge is 0.242 e. The maximum atomic E-state index is 12.5. The van der Waals surface area contributed by atoms with Gasteiger partial charge in [0.15, 0.2) is 9.84 Å². The van der Waals surface area contributed by atoms with E-state index in [9.17, 15) is 13.2 Å². The molecule has 1 aromatic carbocycles. The third kappa shape index (κ3) is 3.25. The number of carbonyl (C=O) groups is 1. The number of nitrogens with zero attached hydrogens (tertiary/aromatic N) is 2. The molecule has 2 aliphatic heterocycles. The van der Waals surface area contributed by atoms with Crippen LogP contribution in [-0.4, -0.2) is 62.7 Å². The van der Waals surface area contributed by atoms with E-state index >= 15 is 0 Å². The Hall–Kier alpha value is -1.21. The molecule has 0 saturated carbocycles. The predicted molar refractivity (Wildman–Crippen MR) is 89.2 cm³/mol. The number of hydrogen-bond donors (Lipinski definition) is 0. The Kier molecular flexibility index (Phi) is 4.36. The molecule has 1 aromatic rings. The maximum Gasteiger partial charge on any atom is 0.242 e. The monoisotopic (exact) mass is 340 g/mol. The molecule has 5 nitrogen and oxygen atoms in total. The third-order valence-electron chi connectivity index (χ3n) is 4.30. The van der Waals surface area contributed by atoms with Crippen LogP contribution in [-0.2, 0) is 14.6 Å². The minimum atomic E-state index is -2.97. The van der Waals surface area contributed by atoms with Crippen molar-refractivity contribution in [2.45, 2.75) is 17.4 Å². The van der Waals surface area contributed by atoms with Crippen LogP contribution >= 0.6 is 11.8 Å². The zero-order chi connectivity index (χ0) is 15.7. The van der Waals surface area contributed by atoms with E-state index < -0.39 is 9.84 Å². The van der Waals surface area contributed by atoms with E-state index in [0.717, 1.165) is 18.0 Å². The van der Waals surface area contributed by atoms with Crippen molar-refractivity contribution < 1.29 is 13.2 Å². The number of para-hydroxylation sites is 1.